The second kappa shape index (κ2) is 10.8. The molecule has 1 atom stereocenters. The molecule has 158 valence electrons. The average molecular weight is 430 g/mol. The Morgan fingerprint density at radius 3 is 2.33 bits per heavy atom. The van der Waals surface area contributed by atoms with E-state index >= 15 is 0 Å². The molecule has 0 radical (unpaired) electrons. The van der Waals surface area contributed by atoms with Gasteiger partial charge in [0, 0.05) is 12.1 Å². The third-order valence-corrected chi connectivity index (χ3v) is 4.47. The van der Waals surface area contributed by atoms with Crippen molar-refractivity contribution in [2.45, 2.75) is 19.1 Å². The van der Waals surface area contributed by atoms with Gasteiger partial charge in [-0.05, 0) is 23.3 Å². The van der Waals surface area contributed by atoms with Crippen LogP contribution in [0.2, 0.25) is 0 Å². The molecule has 0 aliphatic heterocycles. The monoisotopic (exact) mass is 430 g/mol. The summed E-state index contributed by atoms with van der Waals surface area (Å²) in [5.41, 5.74) is 1.85. The van der Waals surface area contributed by atoms with Crippen molar-refractivity contribution >= 4 is 27.7 Å². The summed E-state index contributed by atoms with van der Waals surface area (Å²) in [6, 6.07) is 16.3. The maximum atomic E-state index is 12.3. The summed E-state index contributed by atoms with van der Waals surface area (Å²) in [4.78, 5) is 24.5. The SMILES string of the molecule is CS(=O)(=O)Nc1ccc(CC(NC(=O)OCc2ccccc2)C(=O)NCC#N)cc1. The van der Waals surface area contributed by atoms with Gasteiger partial charge in [0.1, 0.15) is 19.2 Å². The first-order valence-corrected chi connectivity index (χ1v) is 10.8. The first-order valence-electron chi connectivity index (χ1n) is 8.95. The molecule has 2 aromatic carbocycles. The Morgan fingerprint density at radius 1 is 1.07 bits per heavy atom. The van der Waals surface area contributed by atoms with Gasteiger partial charge in [-0.3, -0.25) is 9.52 Å². The number of rotatable bonds is 9. The van der Waals surface area contributed by atoms with Gasteiger partial charge >= 0.3 is 6.09 Å². The lowest BCUT2D eigenvalue weighted by Gasteiger charge is -2.18. The van der Waals surface area contributed by atoms with Crippen molar-refractivity contribution in [1.29, 1.82) is 5.26 Å². The number of nitrogens with one attached hydrogen (secondary N) is 3. The predicted molar refractivity (Wildman–Crippen MR) is 111 cm³/mol. The normalized spacial score (nSPS) is 11.6. The summed E-state index contributed by atoms with van der Waals surface area (Å²) in [6.45, 7) is -0.154. The van der Waals surface area contributed by atoms with Gasteiger partial charge in [0.15, 0.2) is 0 Å². The van der Waals surface area contributed by atoms with E-state index in [0.29, 0.717) is 11.3 Å². The zero-order valence-corrected chi connectivity index (χ0v) is 17.1. The Morgan fingerprint density at radius 2 is 1.73 bits per heavy atom. The van der Waals surface area contributed by atoms with Gasteiger partial charge in [-0.2, -0.15) is 5.26 Å². The maximum absolute atomic E-state index is 12.3. The molecule has 0 saturated carbocycles. The van der Waals surface area contributed by atoms with Gasteiger partial charge in [0.25, 0.3) is 0 Å². The molecule has 0 spiro atoms. The lowest BCUT2D eigenvalue weighted by molar-refractivity contribution is -0.122. The van der Waals surface area contributed by atoms with Gasteiger partial charge < -0.3 is 15.4 Å². The molecule has 0 aromatic heterocycles. The number of carbonyl (C=O) groups excluding carboxylic acids is 2. The highest BCUT2D eigenvalue weighted by molar-refractivity contribution is 7.92. The molecule has 30 heavy (non-hydrogen) atoms. The second-order valence-electron chi connectivity index (χ2n) is 6.41. The van der Waals surface area contributed by atoms with E-state index in [4.69, 9.17) is 10.00 Å². The van der Waals surface area contributed by atoms with Crippen LogP contribution in [0.5, 0.6) is 0 Å². The van der Waals surface area contributed by atoms with E-state index in [1.165, 1.54) is 0 Å². The molecule has 2 rings (SSSR count). The average Bonchev–Trinajstić information content (AvgIpc) is 2.71. The molecular formula is C20H22N4O5S. The summed E-state index contributed by atoms with van der Waals surface area (Å²) < 4.78 is 30.1. The van der Waals surface area contributed by atoms with Crippen molar-refractivity contribution in [3.8, 4) is 6.07 Å². The molecule has 0 bridgehead atoms. The Bertz CT molecular complexity index is 1000. The number of nitriles is 1. The zero-order valence-electron chi connectivity index (χ0n) is 16.3. The van der Waals surface area contributed by atoms with Gasteiger partial charge in [0.05, 0.1) is 12.3 Å². The molecule has 0 aliphatic carbocycles. The van der Waals surface area contributed by atoms with E-state index in [1.54, 1.807) is 42.5 Å². The van der Waals surface area contributed by atoms with Crippen LogP contribution in [0.25, 0.3) is 0 Å². The lowest BCUT2D eigenvalue weighted by Crippen LogP contribution is -2.48. The van der Waals surface area contributed by atoms with E-state index < -0.39 is 28.1 Å². The molecule has 2 aromatic rings. The van der Waals surface area contributed by atoms with Crippen molar-refractivity contribution in [3.63, 3.8) is 0 Å². The van der Waals surface area contributed by atoms with Crippen LogP contribution in [0, 0.1) is 11.3 Å². The van der Waals surface area contributed by atoms with Crippen LogP contribution in [-0.2, 0) is 32.6 Å². The Hall–Kier alpha value is -3.58. The number of ether oxygens (including phenoxy) is 1. The summed E-state index contributed by atoms with van der Waals surface area (Å²) in [5.74, 6) is -0.536. The topological polar surface area (TPSA) is 137 Å². The number of hydrogen-bond donors (Lipinski definition) is 3. The summed E-state index contributed by atoms with van der Waals surface area (Å²) >= 11 is 0. The van der Waals surface area contributed by atoms with E-state index in [1.807, 2.05) is 18.2 Å². The number of hydrogen-bond acceptors (Lipinski definition) is 6. The van der Waals surface area contributed by atoms with Crippen LogP contribution >= 0.6 is 0 Å². The van der Waals surface area contributed by atoms with Gasteiger partial charge in [0.2, 0.25) is 15.9 Å². The van der Waals surface area contributed by atoms with E-state index in [-0.39, 0.29) is 19.6 Å². The fourth-order valence-electron chi connectivity index (χ4n) is 2.52. The van der Waals surface area contributed by atoms with E-state index in [2.05, 4.69) is 15.4 Å². The molecule has 1 unspecified atom stereocenters. The van der Waals surface area contributed by atoms with Gasteiger partial charge in [-0.25, -0.2) is 13.2 Å². The largest absolute Gasteiger partial charge is 0.445 e. The second-order valence-corrected chi connectivity index (χ2v) is 8.16. The van der Waals surface area contributed by atoms with Crippen molar-refractivity contribution in [2.24, 2.45) is 0 Å². The van der Waals surface area contributed by atoms with Crippen molar-refractivity contribution in [2.75, 3.05) is 17.5 Å². The van der Waals surface area contributed by atoms with Crippen LogP contribution in [0.1, 0.15) is 11.1 Å². The van der Waals surface area contributed by atoms with E-state index in [9.17, 15) is 18.0 Å². The lowest BCUT2D eigenvalue weighted by atomic mass is 10.0. The van der Waals surface area contributed by atoms with Crippen molar-refractivity contribution in [3.05, 3.63) is 65.7 Å². The van der Waals surface area contributed by atoms with Crippen LogP contribution in [0.3, 0.4) is 0 Å². The molecule has 0 fully saturated rings. The fraction of sp³-hybridized carbons (Fsp3) is 0.250. The standard InChI is InChI=1S/C20H22N4O5S/c1-30(27,28)24-17-9-7-15(8-10-17)13-18(19(25)22-12-11-21)23-20(26)29-14-16-5-3-2-4-6-16/h2-10,18,24H,12-14H2,1H3,(H,22,25)(H,23,26). The minimum Gasteiger partial charge on any atom is -0.445 e. The maximum Gasteiger partial charge on any atom is 0.408 e. The Balaban J connectivity index is 2.02. The third kappa shape index (κ3) is 8.20. The summed E-state index contributed by atoms with van der Waals surface area (Å²) in [6.07, 6.45) is 0.393. The highest BCUT2D eigenvalue weighted by Gasteiger charge is 2.22. The fourth-order valence-corrected chi connectivity index (χ4v) is 3.09. The first-order chi connectivity index (χ1) is 14.3. The number of sulfonamides is 1. The summed E-state index contributed by atoms with van der Waals surface area (Å²) in [7, 11) is -3.40. The number of nitrogens with zero attached hydrogens (tertiary/aromatic N) is 1. The molecule has 9 nitrogen and oxygen atoms in total. The molecule has 0 heterocycles. The highest BCUT2D eigenvalue weighted by Crippen LogP contribution is 2.13. The zero-order chi connectivity index (χ0) is 22.0. The number of anilines is 1. The van der Waals surface area contributed by atoms with Crippen molar-refractivity contribution < 1.29 is 22.7 Å². The third-order valence-electron chi connectivity index (χ3n) is 3.86. The van der Waals surface area contributed by atoms with E-state index in [0.717, 1.165) is 11.8 Å². The quantitative estimate of drug-likeness (QED) is 0.516. The molecule has 0 aliphatic rings. The number of amides is 2. The number of benzene rings is 2. The minimum absolute atomic E-state index is 0.0467. The minimum atomic E-state index is -3.40. The van der Waals surface area contributed by atoms with Crippen LogP contribution in [0.4, 0.5) is 10.5 Å². The van der Waals surface area contributed by atoms with Crippen molar-refractivity contribution in [1.82, 2.24) is 10.6 Å². The predicted octanol–water partition coefficient (Wildman–Crippen LogP) is 1.54. The number of alkyl carbamates (subject to hydrolysis) is 1. The number of carbonyl (C=O) groups is 2. The molecular weight excluding hydrogens is 408 g/mol. The smallest absolute Gasteiger partial charge is 0.408 e. The van der Waals surface area contributed by atoms with Crippen LogP contribution < -0.4 is 15.4 Å². The Kier molecular flexibility index (Phi) is 8.19. The Labute approximate surface area is 175 Å². The highest BCUT2D eigenvalue weighted by atomic mass is 32.2. The van der Waals surface area contributed by atoms with Gasteiger partial charge in [-0.15, -0.1) is 0 Å². The van der Waals surface area contributed by atoms with Crippen LogP contribution in [-0.4, -0.2) is 39.3 Å². The molecule has 3 N–H and O–H groups in total. The summed E-state index contributed by atoms with van der Waals surface area (Å²) in [5, 5.41) is 13.6. The van der Waals surface area contributed by atoms with Crippen LogP contribution in [0.15, 0.2) is 54.6 Å². The van der Waals surface area contributed by atoms with Gasteiger partial charge in [-0.1, -0.05) is 42.5 Å². The molecule has 0 saturated heterocycles. The molecule has 2 amide bonds. The molecule has 10 heteroatoms. The first kappa shape index (κ1) is 22.7.